The summed E-state index contributed by atoms with van der Waals surface area (Å²) >= 11 is 0. The fourth-order valence-corrected chi connectivity index (χ4v) is 0.274. The maximum absolute atomic E-state index is 3.02. The van der Waals surface area contributed by atoms with Crippen molar-refractivity contribution in [3.05, 3.63) is 0 Å². The van der Waals surface area contributed by atoms with Crippen LogP contribution in [0.2, 0.25) is 0 Å². The van der Waals surface area contributed by atoms with Crippen molar-refractivity contribution in [2.24, 2.45) is 0 Å². The Kier molecular flexibility index (Phi) is 0.596. The lowest BCUT2D eigenvalue weighted by Crippen LogP contribution is -1.95. The quantitative estimate of drug-likeness (QED) is 0.433. The molecular weight excluding hydrogens is 64.0 g/mol. The highest BCUT2D eigenvalue weighted by Crippen LogP contribution is 1.88. The third-order valence-corrected chi connectivity index (χ3v) is 0.763. The molecular formula is C3H8N2. The fourth-order valence-electron chi connectivity index (χ4n) is 0.274. The topological polar surface area (TPSA) is 25.0 Å². The molecule has 1 aliphatic rings. The third kappa shape index (κ3) is 0.597. The Hall–Kier alpha value is -0.0800. The second-order valence-electron chi connectivity index (χ2n) is 1.17. The molecule has 1 heterocycles. The van der Waals surface area contributed by atoms with Crippen molar-refractivity contribution in [1.29, 1.82) is 0 Å². The van der Waals surface area contributed by atoms with Gasteiger partial charge in [-0.15, -0.1) is 0 Å². The molecule has 0 unspecified atom stereocenters. The fraction of sp³-hybridized carbons (Fsp3) is 1.00. The minimum absolute atomic E-state index is 1.09. The van der Waals surface area contributed by atoms with E-state index in [0.717, 1.165) is 13.2 Å². The molecule has 0 saturated carbocycles. The Morgan fingerprint density at radius 3 is 2.60 bits per heavy atom. The first-order valence-corrected chi connectivity index (χ1v) is 1.92. The molecule has 30 valence electrons. The van der Waals surface area contributed by atoms with Crippen LogP contribution in [0.1, 0.15) is 6.92 Å². The second-order valence-corrected chi connectivity index (χ2v) is 1.17. The smallest absolute Gasteiger partial charge is 0.0754 e. The maximum Gasteiger partial charge on any atom is 0.0754 e. The van der Waals surface area contributed by atoms with Crippen LogP contribution in [0.25, 0.3) is 0 Å². The number of hydrogen-bond donors (Lipinski definition) is 1. The third-order valence-electron chi connectivity index (χ3n) is 0.763. The summed E-state index contributed by atoms with van der Waals surface area (Å²) in [5.74, 6) is 0. The van der Waals surface area contributed by atoms with Crippen molar-refractivity contribution >= 4 is 0 Å². The molecule has 2 heteroatoms. The van der Waals surface area contributed by atoms with E-state index in [1.54, 1.807) is 0 Å². The molecule has 0 bridgehead atoms. The van der Waals surface area contributed by atoms with Crippen LogP contribution in [0.3, 0.4) is 0 Å². The summed E-state index contributed by atoms with van der Waals surface area (Å²) in [5, 5.41) is 2.12. The van der Waals surface area contributed by atoms with Gasteiger partial charge in [0, 0.05) is 6.54 Å². The van der Waals surface area contributed by atoms with E-state index in [1.807, 2.05) is 0 Å². The summed E-state index contributed by atoms with van der Waals surface area (Å²) in [6.45, 7) is 4.36. The van der Waals surface area contributed by atoms with Crippen molar-refractivity contribution in [3.63, 3.8) is 0 Å². The highest BCUT2D eigenvalue weighted by atomic mass is 15.7. The highest BCUT2D eigenvalue weighted by Gasteiger charge is 2.10. The average molecular weight is 72.1 g/mol. The average Bonchev–Trinajstić information content (AvgIpc) is 2.12. The molecule has 0 spiro atoms. The van der Waals surface area contributed by atoms with Gasteiger partial charge in [-0.25, -0.2) is 10.4 Å². The van der Waals surface area contributed by atoms with Gasteiger partial charge in [-0.05, 0) is 0 Å². The van der Waals surface area contributed by atoms with E-state index in [1.165, 1.54) is 0 Å². The molecule has 1 N–H and O–H groups in total. The van der Waals surface area contributed by atoms with Gasteiger partial charge in [0.15, 0.2) is 0 Å². The van der Waals surface area contributed by atoms with E-state index >= 15 is 0 Å². The first-order valence-electron chi connectivity index (χ1n) is 1.92. The minimum atomic E-state index is 1.09. The summed E-state index contributed by atoms with van der Waals surface area (Å²) in [6.07, 6.45) is 0. The highest BCUT2D eigenvalue weighted by molar-refractivity contribution is 4.53. The van der Waals surface area contributed by atoms with Crippen LogP contribution in [0.5, 0.6) is 0 Å². The van der Waals surface area contributed by atoms with E-state index in [4.69, 9.17) is 0 Å². The molecule has 1 rings (SSSR count). The van der Waals surface area contributed by atoms with Gasteiger partial charge in [-0.1, -0.05) is 6.92 Å². The van der Waals surface area contributed by atoms with Gasteiger partial charge in [0.25, 0.3) is 0 Å². The number of nitrogens with zero attached hydrogens (tertiary/aromatic N) is 1. The predicted molar refractivity (Wildman–Crippen MR) is 20.4 cm³/mol. The van der Waals surface area contributed by atoms with Crippen LogP contribution < -0.4 is 5.43 Å². The van der Waals surface area contributed by atoms with Crippen molar-refractivity contribution in [1.82, 2.24) is 10.4 Å². The van der Waals surface area contributed by atoms with Crippen LogP contribution in [-0.4, -0.2) is 18.2 Å². The van der Waals surface area contributed by atoms with E-state index in [2.05, 4.69) is 17.4 Å². The van der Waals surface area contributed by atoms with Crippen LogP contribution in [-0.2, 0) is 0 Å². The Balaban J connectivity index is 2.00. The second kappa shape index (κ2) is 0.954. The van der Waals surface area contributed by atoms with Crippen LogP contribution in [0.4, 0.5) is 0 Å². The van der Waals surface area contributed by atoms with Crippen LogP contribution in [0, 0.1) is 0 Å². The van der Waals surface area contributed by atoms with E-state index in [-0.39, 0.29) is 0 Å². The molecule has 0 radical (unpaired) electrons. The number of hydrogen-bond acceptors (Lipinski definition) is 2. The molecule has 0 aliphatic carbocycles. The predicted octanol–water partition coefficient (Wildman–Crippen LogP) is -0.216. The minimum Gasteiger partial charge on any atom is -0.238 e. The number of nitrogens with one attached hydrogen (secondary N) is 1. The normalized spacial score (nSPS) is 34.2. The Labute approximate surface area is 31.7 Å². The zero-order valence-corrected chi connectivity index (χ0v) is 3.36. The van der Waals surface area contributed by atoms with Gasteiger partial charge in [-0.2, -0.15) is 0 Å². The van der Waals surface area contributed by atoms with Gasteiger partial charge < -0.3 is 0 Å². The lowest BCUT2D eigenvalue weighted by molar-refractivity contribution is 0.544. The first-order chi connectivity index (χ1) is 2.43. The summed E-state index contributed by atoms with van der Waals surface area (Å²) in [4.78, 5) is 0. The van der Waals surface area contributed by atoms with Crippen LogP contribution >= 0.6 is 0 Å². The maximum atomic E-state index is 3.02. The molecule has 0 aromatic heterocycles. The Morgan fingerprint density at radius 2 is 2.60 bits per heavy atom. The van der Waals surface area contributed by atoms with E-state index in [9.17, 15) is 0 Å². The standard InChI is InChI=1S/C3H8N2/c1-2-5-3-4-5/h4H,2-3H2,1H3/t5-/m0/s1. The molecule has 0 aromatic carbocycles. The SMILES string of the molecule is CC[N@@]1CN1. The molecule has 1 saturated heterocycles. The molecule has 2 nitrogen and oxygen atoms in total. The number of hydrazine groups is 1. The van der Waals surface area contributed by atoms with Crippen molar-refractivity contribution in [2.75, 3.05) is 13.2 Å². The molecule has 1 atom stereocenters. The molecule has 1 fully saturated rings. The lowest BCUT2D eigenvalue weighted by atomic mass is 10.8. The molecule has 0 amide bonds. The van der Waals surface area contributed by atoms with Gasteiger partial charge in [0.1, 0.15) is 0 Å². The van der Waals surface area contributed by atoms with Crippen LogP contribution in [0.15, 0.2) is 0 Å². The van der Waals surface area contributed by atoms with Crippen molar-refractivity contribution in [3.8, 4) is 0 Å². The zero-order chi connectivity index (χ0) is 3.70. The molecule has 1 aliphatic heterocycles. The monoisotopic (exact) mass is 72.1 g/mol. The zero-order valence-electron chi connectivity index (χ0n) is 3.36. The van der Waals surface area contributed by atoms with Crippen molar-refractivity contribution in [2.45, 2.75) is 6.92 Å². The first kappa shape index (κ1) is 3.12. The van der Waals surface area contributed by atoms with E-state index in [0.29, 0.717) is 0 Å². The summed E-state index contributed by atoms with van der Waals surface area (Å²) in [5.41, 5.74) is 3.02. The lowest BCUT2D eigenvalue weighted by Gasteiger charge is -1.79. The molecule has 0 aromatic rings. The molecule has 5 heavy (non-hydrogen) atoms. The number of rotatable bonds is 1. The Morgan fingerprint density at radius 1 is 2.00 bits per heavy atom. The summed E-state index contributed by atoms with van der Waals surface area (Å²) < 4.78 is 0. The Bertz CT molecular complexity index is 31.9. The largest absolute Gasteiger partial charge is 0.238 e. The van der Waals surface area contributed by atoms with Gasteiger partial charge >= 0.3 is 0 Å². The summed E-state index contributed by atoms with van der Waals surface area (Å²) in [7, 11) is 0. The van der Waals surface area contributed by atoms with Gasteiger partial charge in [-0.3, -0.25) is 0 Å². The van der Waals surface area contributed by atoms with Gasteiger partial charge in [0.05, 0.1) is 6.67 Å². The summed E-state index contributed by atoms with van der Waals surface area (Å²) in [6, 6.07) is 0. The van der Waals surface area contributed by atoms with Gasteiger partial charge in [0.2, 0.25) is 0 Å². The van der Waals surface area contributed by atoms with E-state index < -0.39 is 0 Å². The van der Waals surface area contributed by atoms with Crippen molar-refractivity contribution < 1.29 is 0 Å².